The Hall–Kier alpha value is -0.240. The Bertz CT molecular complexity index is 594. The van der Waals surface area contributed by atoms with Crippen LogP contribution in [-0.4, -0.2) is 142 Å². The van der Waals surface area contributed by atoms with Gasteiger partial charge in [0.2, 0.25) is 0 Å². The van der Waals surface area contributed by atoms with Crippen LogP contribution >= 0.6 is 0 Å². The van der Waals surface area contributed by atoms with E-state index in [1.54, 1.807) is 0 Å². The van der Waals surface area contributed by atoms with E-state index in [-0.39, 0.29) is 0 Å². The van der Waals surface area contributed by atoms with Crippen molar-refractivity contribution in [1.82, 2.24) is 29.4 Å². The highest BCUT2D eigenvalue weighted by Crippen LogP contribution is 2.26. The summed E-state index contributed by atoms with van der Waals surface area (Å²) in [6.45, 7) is 43.2. The molecule has 0 bridgehead atoms. The number of piperidine rings is 2. The van der Waals surface area contributed by atoms with E-state index in [0.29, 0.717) is 22.2 Å². The maximum absolute atomic E-state index is 2.75. The fraction of sp³-hybridized carbons (Fsp3) is 1.00. The van der Waals surface area contributed by atoms with Gasteiger partial charge in [0.1, 0.15) is 0 Å². The molecule has 0 unspecified atom stereocenters. The van der Waals surface area contributed by atoms with Gasteiger partial charge in [-0.2, -0.15) is 0 Å². The summed E-state index contributed by atoms with van der Waals surface area (Å²) >= 11 is 0. The summed E-state index contributed by atoms with van der Waals surface area (Å²) in [5.41, 5.74) is 1.36. The van der Waals surface area contributed by atoms with Gasteiger partial charge in [-0.3, -0.25) is 29.4 Å². The third kappa shape index (κ3) is 9.91. The molecule has 40 heavy (non-hydrogen) atoms. The van der Waals surface area contributed by atoms with Crippen LogP contribution in [0.3, 0.4) is 0 Å². The van der Waals surface area contributed by atoms with Gasteiger partial charge < -0.3 is 0 Å². The lowest BCUT2D eigenvalue weighted by Gasteiger charge is -2.48. The molecular weight excluding hydrogens is 492 g/mol. The lowest BCUT2D eigenvalue weighted by Crippen LogP contribution is -2.58. The number of nitrogens with zero attached hydrogens (tertiary/aromatic N) is 6. The molecule has 4 rings (SSSR count). The third-order valence-corrected chi connectivity index (χ3v) is 10.4. The Labute approximate surface area is 250 Å². The third-order valence-electron chi connectivity index (χ3n) is 10.4. The summed E-state index contributed by atoms with van der Waals surface area (Å²) in [7, 11) is 0. The van der Waals surface area contributed by atoms with E-state index < -0.39 is 0 Å². The molecule has 4 aliphatic heterocycles. The van der Waals surface area contributed by atoms with Crippen LogP contribution in [0.2, 0.25) is 0 Å². The molecule has 0 aliphatic carbocycles. The standard InChI is InChI=1S/2C17H35N3/c2*1-16(2,3)19-9-7-15(8-10-19)18-11-13-20(14-12-18)17(4,5)6/h2*15H,7-14H2,1-6H3. The summed E-state index contributed by atoms with van der Waals surface area (Å²) in [6.07, 6.45) is 5.42. The number of hydrogen-bond acceptors (Lipinski definition) is 6. The zero-order valence-electron chi connectivity index (χ0n) is 29.2. The van der Waals surface area contributed by atoms with Crippen molar-refractivity contribution in [3.63, 3.8) is 0 Å². The molecule has 0 radical (unpaired) electrons. The van der Waals surface area contributed by atoms with E-state index in [1.807, 2.05) is 0 Å². The summed E-state index contributed by atoms with van der Waals surface area (Å²) in [5.74, 6) is 0. The first-order valence-corrected chi connectivity index (χ1v) is 16.8. The summed E-state index contributed by atoms with van der Waals surface area (Å²) in [5, 5.41) is 0. The van der Waals surface area contributed by atoms with Crippen molar-refractivity contribution in [3.8, 4) is 0 Å². The first-order valence-electron chi connectivity index (χ1n) is 16.8. The average molecular weight is 563 g/mol. The van der Waals surface area contributed by atoms with Gasteiger partial charge in [0.15, 0.2) is 0 Å². The van der Waals surface area contributed by atoms with Gasteiger partial charge >= 0.3 is 0 Å². The van der Waals surface area contributed by atoms with E-state index in [0.717, 1.165) is 12.1 Å². The van der Waals surface area contributed by atoms with E-state index in [1.165, 1.54) is 104 Å². The van der Waals surface area contributed by atoms with E-state index >= 15 is 0 Å². The molecule has 0 amide bonds. The Kier molecular flexibility index (Phi) is 11.6. The number of rotatable bonds is 2. The Morgan fingerprint density at radius 3 is 0.700 bits per heavy atom. The Balaban J connectivity index is 0.000000220. The van der Waals surface area contributed by atoms with Crippen molar-refractivity contribution < 1.29 is 0 Å². The zero-order chi connectivity index (χ0) is 29.9. The van der Waals surface area contributed by atoms with Crippen LogP contribution in [0.1, 0.15) is 109 Å². The smallest absolute Gasteiger partial charge is 0.0126 e. The van der Waals surface area contributed by atoms with Crippen LogP contribution in [0.25, 0.3) is 0 Å². The molecule has 0 saturated carbocycles. The second-order valence-electron chi connectivity index (χ2n) is 17.2. The molecular formula is C34H70N6. The average Bonchev–Trinajstić information content (AvgIpc) is 2.87. The van der Waals surface area contributed by atoms with Crippen molar-refractivity contribution in [1.29, 1.82) is 0 Å². The molecule has 4 heterocycles. The highest BCUT2D eigenvalue weighted by atomic mass is 15.3. The topological polar surface area (TPSA) is 19.4 Å². The normalized spacial score (nSPS) is 26.1. The van der Waals surface area contributed by atoms with Gasteiger partial charge in [0.25, 0.3) is 0 Å². The van der Waals surface area contributed by atoms with Gasteiger partial charge in [-0.25, -0.2) is 0 Å². The predicted molar refractivity (Wildman–Crippen MR) is 174 cm³/mol. The zero-order valence-corrected chi connectivity index (χ0v) is 29.2. The minimum atomic E-state index is 0.335. The second kappa shape index (κ2) is 13.6. The quantitative estimate of drug-likeness (QED) is 0.450. The predicted octanol–water partition coefficient (Wildman–Crippen LogP) is 5.33. The van der Waals surface area contributed by atoms with Gasteiger partial charge in [-0.15, -0.1) is 0 Å². The molecule has 0 aromatic heterocycles. The fourth-order valence-corrected chi connectivity index (χ4v) is 7.32. The van der Waals surface area contributed by atoms with Gasteiger partial charge in [-0.1, -0.05) is 0 Å². The van der Waals surface area contributed by atoms with E-state index in [2.05, 4.69) is 112 Å². The monoisotopic (exact) mass is 563 g/mol. The van der Waals surface area contributed by atoms with Crippen molar-refractivity contribution in [2.45, 2.75) is 143 Å². The molecule has 6 heteroatoms. The minimum Gasteiger partial charge on any atom is -0.298 e. The van der Waals surface area contributed by atoms with E-state index in [4.69, 9.17) is 0 Å². The van der Waals surface area contributed by atoms with Crippen LogP contribution in [0.15, 0.2) is 0 Å². The molecule has 4 saturated heterocycles. The van der Waals surface area contributed by atoms with Crippen molar-refractivity contribution in [2.24, 2.45) is 0 Å². The molecule has 4 fully saturated rings. The molecule has 236 valence electrons. The van der Waals surface area contributed by atoms with Crippen molar-refractivity contribution in [3.05, 3.63) is 0 Å². The van der Waals surface area contributed by atoms with Gasteiger partial charge in [0, 0.05) is 113 Å². The number of piperazine rings is 2. The Morgan fingerprint density at radius 2 is 0.500 bits per heavy atom. The van der Waals surface area contributed by atoms with Crippen LogP contribution in [0.4, 0.5) is 0 Å². The van der Waals surface area contributed by atoms with Crippen LogP contribution in [0, 0.1) is 0 Å². The summed E-state index contributed by atoms with van der Waals surface area (Å²) in [6, 6.07) is 1.66. The number of hydrogen-bond donors (Lipinski definition) is 0. The maximum Gasteiger partial charge on any atom is 0.0126 e. The van der Waals surface area contributed by atoms with Gasteiger partial charge in [-0.05, 0) is 109 Å². The van der Waals surface area contributed by atoms with Crippen molar-refractivity contribution >= 4 is 0 Å². The molecule has 0 spiro atoms. The van der Waals surface area contributed by atoms with Crippen LogP contribution in [-0.2, 0) is 0 Å². The molecule has 0 aromatic rings. The molecule has 0 atom stereocenters. The Morgan fingerprint density at radius 1 is 0.300 bits per heavy atom. The highest BCUT2D eigenvalue weighted by Gasteiger charge is 2.34. The second-order valence-corrected chi connectivity index (χ2v) is 17.2. The first-order chi connectivity index (χ1) is 18.4. The van der Waals surface area contributed by atoms with Crippen LogP contribution in [0.5, 0.6) is 0 Å². The summed E-state index contributed by atoms with van der Waals surface area (Å²) in [4.78, 5) is 16.1. The molecule has 0 N–H and O–H groups in total. The lowest BCUT2D eigenvalue weighted by molar-refractivity contribution is 0.0102. The lowest BCUT2D eigenvalue weighted by atomic mass is 9.96. The highest BCUT2D eigenvalue weighted by molar-refractivity contribution is 4.91. The SMILES string of the molecule is CC(C)(C)N1CCC(N2CCN(C(C)(C)C)CC2)CC1.CC(C)(C)N1CCC(N2CCN(C(C)(C)C)CC2)CC1. The largest absolute Gasteiger partial charge is 0.298 e. The number of likely N-dealkylation sites (tertiary alicyclic amines) is 2. The molecule has 4 aliphatic rings. The summed E-state index contributed by atoms with van der Waals surface area (Å²) < 4.78 is 0. The molecule has 6 nitrogen and oxygen atoms in total. The first kappa shape index (κ1) is 34.3. The van der Waals surface area contributed by atoms with Crippen molar-refractivity contribution in [2.75, 3.05) is 78.5 Å². The maximum atomic E-state index is 2.75. The fourth-order valence-electron chi connectivity index (χ4n) is 7.32. The molecule has 0 aromatic carbocycles. The van der Waals surface area contributed by atoms with Gasteiger partial charge in [0.05, 0.1) is 0 Å². The van der Waals surface area contributed by atoms with Crippen LogP contribution < -0.4 is 0 Å². The van der Waals surface area contributed by atoms with E-state index in [9.17, 15) is 0 Å². The minimum absolute atomic E-state index is 0.335.